The molecule has 0 atom stereocenters. The minimum Gasteiger partial charge on any atom is -0.481 e. The topological polar surface area (TPSA) is 109 Å². The molecule has 0 saturated carbocycles. The van der Waals surface area contributed by atoms with Crippen molar-refractivity contribution in [3.05, 3.63) is 24.3 Å². The van der Waals surface area contributed by atoms with E-state index in [2.05, 4.69) is 5.32 Å². The van der Waals surface area contributed by atoms with E-state index in [1.165, 1.54) is 6.07 Å². The molecule has 106 valence electrons. The molecule has 0 amide bonds. The van der Waals surface area contributed by atoms with E-state index < -0.39 is 21.5 Å². The number of anilines is 1. The van der Waals surface area contributed by atoms with Gasteiger partial charge in [-0.2, -0.15) is 0 Å². The van der Waals surface area contributed by atoms with Crippen LogP contribution in [0.2, 0.25) is 0 Å². The van der Waals surface area contributed by atoms with Crippen LogP contribution in [0.1, 0.15) is 26.7 Å². The van der Waals surface area contributed by atoms with E-state index in [1.807, 2.05) is 0 Å². The summed E-state index contributed by atoms with van der Waals surface area (Å²) in [5.41, 5.74) is -0.181. The lowest BCUT2D eigenvalue weighted by Gasteiger charge is -2.28. The average molecular weight is 286 g/mol. The Labute approximate surface area is 112 Å². The summed E-state index contributed by atoms with van der Waals surface area (Å²) in [4.78, 5) is 10.6. The van der Waals surface area contributed by atoms with E-state index in [4.69, 9.17) is 10.2 Å². The lowest BCUT2D eigenvalue weighted by molar-refractivity contribution is -0.137. The van der Waals surface area contributed by atoms with Crippen molar-refractivity contribution >= 4 is 21.7 Å². The van der Waals surface area contributed by atoms with Gasteiger partial charge in [0.2, 0.25) is 10.0 Å². The van der Waals surface area contributed by atoms with Gasteiger partial charge in [-0.3, -0.25) is 4.79 Å². The quantitative estimate of drug-likeness (QED) is 0.732. The van der Waals surface area contributed by atoms with E-state index in [0.29, 0.717) is 12.1 Å². The van der Waals surface area contributed by atoms with Gasteiger partial charge in [-0.25, -0.2) is 13.6 Å². The number of hydrogen-bond donors (Lipinski definition) is 3. The van der Waals surface area contributed by atoms with E-state index in [9.17, 15) is 13.2 Å². The number of benzene rings is 1. The Morgan fingerprint density at radius 1 is 1.37 bits per heavy atom. The molecule has 7 heteroatoms. The molecule has 4 N–H and O–H groups in total. The normalized spacial score (nSPS) is 12.2. The number of rotatable bonds is 6. The Morgan fingerprint density at radius 2 is 1.95 bits per heavy atom. The second-order valence-electron chi connectivity index (χ2n) is 4.94. The Morgan fingerprint density at radius 3 is 2.47 bits per heavy atom. The molecule has 0 aliphatic rings. The van der Waals surface area contributed by atoms with Gasteiger partial charge < -0.3 is 10.4 Å². The van der Waals surface area contributed by atoms with Gasteiger partial charge in [0.15, 0.2) is 0 Å². The Bertz CT molecular complexity index is 567. The maximum Gasteiger partial charge on any atom is 0.303 e. The van der Waals surface area contributed by atoms with E-state index in [1.54, 1.807) is 32.0 Å². The van der Waals surface area contributed by atoms with Gasteiger partial charge in [-0.15, -0.1) is 0 Å². The monoisotopic (exact) mass is 286 g/mol. The molecule has 19 heavy (non-hydrogen) atoms. The number of carboxylic acids is 1. The number of aliphatic carboxylic acids is 1. The van der Waals surface area contributed by atoms with Crippen molar-refractivity contribution in [3.63, 3.8) is 0 Å². The second kappa shape index (κ2) is 5.58. The number of para-hydroxylation sites is 1. The van der Waals surface area contributed by atoms with Gasteiger partial charge in [-0.05, 0) is 32.4 Å². The predicted octanol–water partition coefficient (Wildman–Crippen LogP) is 1.39. The molecule has 0 heterocycles. The summed E-state index contributed by atoms with van der Waals surface area (Å²) in [5, 5.41) is 16.8. The van der Waals surface area contributed by atoms with Gasteiger partial charge >= 0.3 is 5.97 Å². The highest BCUT2D eigenvalue weighted by Crippen LogP contribution is 2.25. The Balaban J connectivity index is 2.96. The molecule has 0 spiro atoms. The first-order chi connectivity index (χ1) is 8.62. The molecular weight excluding hydrogens is 268 g/mol. The molecule has 0 bridgehead atoms. The molecular formula is C12H18N2O4S. The molecule has 1 aromatic carbocycles. The first-order valence-corrected chi connectivity index (χ1v) is 7.28. The number of carbonyl (C=O) groups is 1. The molecule has 6 nitrogen and oxygen atoms in total. The van der Waals surface area contributed by atoms with Crippen LogP contribution in [0.15, 0.2) is 29.2 Å². The van der Waals surface area contributed by atoms with Crippen LogP contribution in [-0.4, -0.2) is 25.0 Å². The van der Waals surface area contributed by atoms with E-state index in [0.717, 1.165) is 0 Å². The smallest absolute Gasteiger partial charge is 0.303 e. The maximum absolute atomic E-state index is 11.4. The van der Waals surface area contributed by atoms with Gasteiger partial charge in [0, 0.05) is 12.0 Å². The highest BCUT2D eigenvalue weighted by atomic mass is 32.2. The van der Waals surface area contributed by atoms with Crippen LogP contribution in [0, 0.1) is 0 Å². The van der Waals surface area contributed by atoms with Crippen LogP contribution in [-0.2, 0) is 14.8 Å². The summed E-state index contributed by atoms with van der Waals surface area (Å²) >= 11 is 0. The molecule has 0 fully saturated rings. The zero-order valence-electron chi connectivity index (χ0n) is 10.9. The molecule has 1 aromatic rings. The first kappa shape index (κ1) is 15.5. The minimum absolute atomic E-state index is 0.00148. The third-order valence-corrected chi connectivity index (χ3v) is 3.60. The molecule has 0 aromatic heterocycles. The van der Waals surface area contributed by atoms with Crippen LogP contribution >= 0.6 is 0 Å². The molecule has 0 aliphatic carbocycles. The van der Waals surface area contributed by atoms with E-state index >= 15 is 0 Å². The number of nitrogens with one attached hydrogen (secondary N) is 1. The number of sulfonamides is 1. The highest BCUT2D eigenvalue weighted by molar-refractivity contribution is 7.89. The molecule has 0 aliphatic heterocycles. The zero-order chi connectivity index (χ0) is 14.7. The number of carboxylic acid groups (broad SMARTS) is 1. The molecule has 1 rings (SSSR count). The Hall–Kier alpha value is -1.60. The fourth-order valence-corrected chi connectivity index (χ4v) is 2.36. The van der Waals surface area contributed by atoms with Crippen LogP contribution in [0.4, 0.5) is 5.69 Å². The van der Waals surface area contributed by atoms with Gasteiger partial charge in [0.05, 0.1) is 5.69 Å². The van der Waals surface area contributed by atoms with Crippen molar-refractivity contribution < 1.29 is 18.3 Å². The van der Waals surface area contributed by atoms with Crippen LogP contribution < -0.4 is 10.5 Å². The van der Waals surface area contributed by atoms with Gasteiger partial charge in [-0.1, -0.05) is 12.1 Å². The summed E-state index contributed by atoms with van der Waals surface area (Å²) in [6.45, 7) is 3.60. The van der Waals surface area contributed by atoms with Crippen molar-refractivity contribution in [2.45, 2.75) is 37.1 Å². The number of hydrogen-bond acceptors (Lipinski definition) is 4. The first-order valence-electron chi connectivity index (χ1n) is 5.74. The lowest BCUT2D eigenvalue weighted by atomic mass is 9.98. The van der Waals surface area contributed by atoms with E-state index in [-0.39, 0.29) is 11.3 Å². The number of nitrogens with two attached hydrogens (primary N) is 1. The predicted molar refractivity (Wildman–Crippen MR) is 72.4 cm³/mol. The summed E-state index contributed by atoms with van der Waals surface area (Å²) in [6.07, 6.45) is 0.360. The van der Waals surface area contributed by atoms with Gasteiger partial charge in [0.25, 0.3) is 0 Å². The third-order valence-electron chi connectivity index (χ3n) is 2.63. The summed E-state index contributed by atoms with van der Waals surface area (Å²) < 4.78 is 22.9. The molecule has 0 unspecified atom stereocenters. The fraction of sp³-hybridized carbons (Fsp3) is 0.417. The molecule has 0 radical (unpaired) electrons. The minimum atomic E-state index is -3.82. The maximum atomic E-state index is 11.4. The van der Waals surface area contributed by atoms with Crippen molar-refractivity contribution in [2.75, 3.05) is 5.32 Å². The van der Waals surface area contributed by atoms with Crippen molar-refractivity contribution in [3.8, 4) is 0 Å². The zero-order valence-corrected chi connectivity index (χ0v) is 11.7. The summed E-state index contributed by atoms with van der Waals surface area (Å²) in [7, 11) is -3.82. The van der Waals surface area contributed by atoms with Crippen molar-refractivity contribution in [2.24, 2.45) is 5.14 Å². The molecule has 0 saturated heterocycles. The van der Waals surface area contributed by atoms with Crippen molar-refractivity contribution in [1.82, 2.24) is 0 Å². The van der Waals surface area contributed by atoms with Crippen LogP contribution in [0.25, 0.3) is 0 Å². The SMILES string of the molecule is CC(C)(CCC(=O)O)Nc1ccccc1S(N)(=O)=O. The Kier molecular flexibility index (Phi) is 4.54. The lowest BCUT2D eigenvalue weighted by Crippen LogP contribution is -2.32. The number of primary sulfonamides is 1. The summed E-state index contributed by atoms with van der Waals surface area (Å²) in [6, 6.07) is 6.27. The second-order valence-corrected chi connectivity index (χ2v) is 6.47. The van der Waals surface area contributed by atoms with Gasteiger partial charge in [0.1, 0.15) is 4.90 Å². The third kappa shape index (κ3) is 4.88. The standard InChI is InChI=1S/C12H18N2O4S/c1-12(2,8-7-11(15)16)14-9-5-3-4-6-10(9)19(13,17)18/h3-6,14H,7-8H2,1-2H3,(H,15,16)(H2,13,17,18). The van der Waals surface area contributed by atoms with Crippen molar-refractivity contribution in [1.29, 1.82) is 0 Å². The summed E-state index contributed by atoms with van der Waals surface area (Å²) in [5.74, 6) is -0.894. The van der Waals surface area contributed by atoms with Crippen LogP contribution in [0.5, 0.6) is 0 Å². The highest BCUT2D eigenvalue weighted by Gasteiger charge is 2.22. The fourth-order valence-electron chi connectivity index (χ4n) is 1.66. The van der Waals surface area contributed by atoms with Crippen LogP contribution in [0.3, 0.4) is 0 Å². The average Bonchev–Trinajstić information content (AvgIpc) is 2.25. The largest absolute Gasteiger partial charge is 0.481 e.